The zero-order valence-electron chi connectivity index (χ0n) is 14.4. The number of anilines is 1. The Kier molecular flexibility index (Phi) is 5.64. The van der Waals surface area contributed by atoms with Crippen molar-refractivity contribution >= 4 is 17.6 Å². The van der Waals surface area contributed by atoms with Gasteiger partial charge in [-0.2, -0.15) is 0 Å². The molecule has 0 aromatic heterocycles. The van der Waals surface area contributed by atoms with Crippen LogP contribution in [0.25, 0.3) is 0 Å². The molecule has 0 bridgehead atoms. The van der Waals surface area contributed by atoms with E-state index in [0.29, 0.717) is 11.4 Å². The number of rotatable bonds is 7. The minimum absolute atomic E-state index is 0.187. The Balaban J connectivity index is 2.11. The molecule has 6 heteroatoms. The average molecular weight is 343 g/mol. The minimum atomic E-state index is -1.06. The van der Waals surface area contributed by atoms with Gasteiger partial charge in [0.15, 0.2) is 6.61 Å². The highest BCUT2D eigenvalue weighted by atomic mass is 16.5. The quantitative estimate of drug-likeness (QED) is 0.807. The van der Waals surface area contributed by atoms with Crippen molar-refractivity contribution < 1.29 is 24.2 Å². The van der Waals surface area contributed by atoms with Gasteiger partial charge in [0.2, 0.25) is 5.91 Å². The molecule has 0 unspecified atom stereocenters. The van der Waals surface area contributed by atoms with E-state index in [-0.39, 0.29) is 5.91 Å². The first-order valence-electron chi connectivity index (χ1n) is 7.73. The Bertz CT molecular complexity index is 753. The number of nitrogens with one attached hydrogen (secondary N) is 1. The number of benzene rings is 2. The van der Waals surface area contributed by atoms with E-state index >= 15 is 0 Å². The number of aliphatic carboxylic acids is 1. The number of carbonyl (C=O) groups excluding carboxylic acids is 1. The number of ether oxygens (including phenoxy) is 2. The first kappa shape index (κ1) is 18.3. The van der Waals surface area contributed by atoms with Crippen LogP contribution >= 0.6 is 0 Å². The van der Waals surface area contributed by atoms with Crippen molar-refractivity contribution in [1.82, 2.24) is 0 Å². The topological polar surface area (TPSA) is 84.9 Å². The highest BCUT2D eigenvalue weighted by molar-refractivity contribution is 5.98. The molecule has 6 nitrogen and oxygen atoms in total. The van der Waals surface area contributed by atoms with Crippen molar-refractivity contribution in [3.8, 4) is 11.5 Å². The highest BCUT2D eigenvalue weighted by Gasteiger charge is 2.29. The lowest BCUT2D eigenvalue weighted by Gasteiger charge is -2.24. The maximum absolute atomic E-state index is 12.7. The van der Waals surface area contributed by atoms with Gasteiger partial charge < -0.3 is 19.9 Å². The standard InChI is InChI=1S/C19H21NO5/c1-19(2,13-7-9-15(24-3)10-8-13)18(23)20-14-5-4-6-16(11-14)25-12-17(21)22/h4-11H,12H2,1-3H3,(H,20,23)(H,21,22). The fraction of sp³-hybridized carbons (Fsp3) is 0.263. The number of amides is 1. The van der Waals surface area contributed by atoms with Gasteiger partial charge >= 0.3 is 5.97 Å². The van der Waals surface area contributed by atoms with E-state index in [9.17, 15) is 9.59 Å². The molecule has 2 aromatic rings. The summed E-state index contributed by atoms with van der Waals surface area (Å²) in [6.07, 6.45) is 0. The number of carboxylic acid groups (broad SMARTS) is 1. The molecule has 0 heterocycles. The molecular weight excluding hydrogens is 322 g/mol. The molecule has 132 valence electrons. The summed E-state index contributed by atoms with van der Waals surface area (Å²) in [6, 6.07) is 14.0. The van der Waals surface area contributed by atoms with Crippen molar-refractivity contribution in [2.24, 2.45) is 0 Å². The van der Waals surface area contributed by atoms with Gasteiger partial charge in [-0.3, -0.25) is 4.79 Å². The van der Waals surface area contributed by atoms with Gasteiger partial charge in [0, 0.05) is 11.8 Å². The van der Waals surface area contributed by atoms with E-state index < -0.39 is 18.0 Å². The van der Waals surface area contributed by atoms with Crippen molar-refractivity contribution in [2.75, 3.05) is 19.0 Å². The second-order valence-electron chi connectivity index (χ2n) is 6.02. The molecule has 0 spiro atoms. The molecule has 25 heavy (non-hydrogen) atoms. The smallest absolute Gasteiger partial charge is 0.341 e. The molecule has 2 aromatic carbocycles. The molecule has 0 aliphatic heterocycles. The number of methoxy groups -OCH3 is 1. The molecular formula is C19H21NO5. The van der Waals surface area contributed by atoms with E-state index in [1.807, 2.05) is 38.1 Å². The van der Waals surface area contributed by atoms with E-state index in [1.54, 1.807) is 31.4 Å². The van der Waals surface area contributed by atoms with Crippen LogP contribution in [0.4, 0.5) is 5.69 Å². The van der Waals surface area contributed by atoms with Crippen LogP contribution in [0.2, 0.25) is 0 Å². The van der Waals surface area contributed by atoms with E-state index in [2.05, 4.69) is 5.32 Å². The van der Waals surface area contributed by atoms with Gasteiger partial charge in [0.05, 0.1) is 12.5 Å². The molecule has 0 aliphatic rings. The van der Waals surface area contributed by atoms with Crippen LogP contribution in [0.15, 0.2) is 48.5 Å². The lowest BCUT2D eigenvalue weighted by molar-refractivity contribution is -0.139. The summed E-state index contributed by atoms with van der Waals surface area (Å²) in [5.74, 6) is -0.145. The molecule has 0 saturated heterocycles. The fourth-order valence-electron chi connectivity index (χ4n) is 2.23. The van der Waals surface area contributed by atoms with Gasteiger partial charge in [-0.25, -0.2) is 4.79 Å². The number of hydrogen-bond donors (Lipinski definition) is 2. The number of carbonyl (C=O) groups is 2. The molecule has 2 rings (SSSR count). The van der Waals surface area contributed by atoms with Crippen LogP contribution in [0.3, 0.4) is 0 Å². The summed E-state index contributed by atoms with van der Waals surface area (Å²) in [5, 5.41) is 11.5. The summed E-state index contributed by atoms with van der Waals surface area (Å²) < 4.78 is 10.3. The third-order valence-electron chi connectivity index (χ3n) is 3.83. The Morgan fingerprint density at radius 3 is 2.36 bits per heavy atom. The van der Waals surface area contributed by atoms with Crippen LogP contribution in [0.1, 0.15) is 19.4 Å². The maximum Gasteiger partial charge on any atom is 0.341 e. The highest BCUT2D eigenvalue weighted by Crippen LogP contribution is 2.27. The third-order valence-corrected chi connectivity index (χ3v) is 3.83. The van der Waals surface area contributed by atoms with Crippen molar-refractivity contribution in [2.45, 2.75) is 19.3 Å². The third kappa shape index (κ3) is 4.73. The van der Waals surface area contributed by atoms with Gasteiger partial charge in [0.25, 0.3) is 0 Å². The van der Waals surface area contributed by atoms with Gasteiger partial charge in [-0.1, -0.05) is 18.2 Å². The minimum Gasteiger partial charge on any atom is -0.497 e. The molecule has 0 fully saturated rings. The zero-order chi connectivity index (χ0) is 18.4. The lowest BCUT2D eigenvalue weighted by Crippen LogP contribution is -2.34. The number of hydrogen-bond acceptors (Lipinski definition) is 4. The molecule has 0 aliphatic carbocycles. The fourth-order valence-corrected chi connectivity index (χ4v) is 2.23. The number of carboxylic acids is 1. The average Bonchev–Trinajstić information content (AvgIpc) is 2.60. The maximum atomic E-state index is 12.7. The Morgan fingerprint density at radius 2 is 1.76 bits per heavy atom. The summed E-state index contributed by atoms with van der Waals surface area (Å²) in [4.78, 5) is 23.3. The van der Waals surface area contributed by atoms with Gasteiger partial charge in [-0.05, 0) is 43.7 Å². The molecule has 0 radical (unpaired) electrons. The van der Waals surface area contributed by atoms with Crippen LogP contribution in [0.5, 0.6) is 11.5 Å². The summed E-state index contributed by atoms with van der Waals surface area (Å²) >= 11 is 0. The molecule has 2 N–H and O–H groups in total. The van der Waals surface area contributed by atoms with E-state index in [4.69, 9.17) is 14.6 Å². The Morgan fingerprint density at radius 1 is 1.08 bits per heavy atom. The van der Waals surface area contributed by atoms with E-state index in [1.165, 1.54) is 0 Å². The normalized spacial score (nSPS) is 10.8. The summed E-state index contributed by atoms with van der Waals surface area (Å²) in [5.41, 5.74) is 0.628. The molecule has 0 atom stereocenters. The largest absolute Gasteiger partial charge is 0.497 e. The second-order valence-corrected chi connectivity index (χ2v) is 6.02. The monoisotopic (exact) mass is 343 g/mol. The summed E-state index contributed by atoms with van der Waals surface area (Å²) in [7, 11) is 1.59. The van der Waals surface area contributed by atoms with Crippen LogP contribution < -0.4 is 14.8 Å². The Hall–Kier alpha value is -3.02. The predicted octanol–water partition coefficient (Wildman–Crippen LogP) is 3.07. The molecule has 0 saturated carbocycles. The van der Waals surface area contributed by atoms with Crippen molar-refractivity contribution in [3.05, 3.63) is 54.1 Å². The first-order chi connectivity index (χ1) is 11.8. The van der Waals surface area contributed by atoms with Crippen LogP contribution in [0, 0.1) is 0 Å². The van der Waals surface area contributed by atoms with Crippen molar-refractivity contribution in [1.29, 1.82) is 0 Å². The second kappa shape index (κ2) is 7.70. The SMILES string of the molecule is COc1ccc(C(C)(C)C(=O)Nc2cccc(OCC(=O)O)c2)cc1. The zero-order valence-corrected chi connectivity index (χ0v) is 14.4. The first-order valence-corrected chi connectivity index (χ1v) is 7.73. The summed E-state index contributed by atoms with van der Waals surface area (Å²) in [6.45, 7) is 3.22. The molecule has 1 amide bonds. The predicted molar refractivity (Wildman–Crippen MR) is 94.2 cm³/mol. The van der Waals surface area contributed by atoms with Gasteiger partial charge in [0.1, 0.15) is 11.5 Å². The van der Waals surface area contributed by atoms with E-state index in [0.717, 1.165) is 11.3 Å². The van der Waals surface area contributed by atoms with Crippen molar-refractivity contribution in [3.63, 3.8) is 0 Å². The van der Waals surface area contributed by atoms with Crippen LogP contribution in [-0.4, -0.2) is 30.7 Å². The van der Waals surface area contributed by atoms with Gasteiger partial charge in [-0.15, -0.1) is 0 Å². The lowest BCUT2D eigenvalue weighted by atomic mass is 9.83. The van der Waals surface area contributed by atoms with Crippen LogP contribution in [-0.2, 0) is 15.0 Å². The Labute approximate surface area is 146 Å².